The summed E-state index contributed by atoms with van der Waals surface area (Å²) in [6, 6.07) is 4.27. The summed E-state index contributed by atoms with van der Waals surface area (Å²) in [5.74, 6) is 0. The van der Waals surface area contributed by atoms with Crippen molar-refractivity contribution in [3.05, 3.63) is 23.2 Å². The van der Waals surface area contributed by atoms with Gasteiger partial charge in [0.1, 0.15) is 0 Å². The average molecular weight is 137 g/mol. The SMILES string of the molecule is Cc1cc2sccc2[nH]1. The maximum atomic E-state index is 3.25. The van der Waals surface area contributed by atoms with Gasteiger partial charge in [0.25, 0.3) is 0 Å². The molecule has 0 atom stereocenters. The number of thiophene rings is 1. The van der Waals surface area contributed by atoms with Gasteiger partial charge in [-0.15, -0.1) is 11.3 Å². The topological polar surface area (TPSA) is 15.8 Å². The Morgan fingerprint density at radius 1 is 1.56 bits per heavy atom. The molecule has 1 N–H and O–H groups in total. The van der Waals surface area contributed by atoms with E-state index in [1.807, 2.05) is 0 Å². The van der Waals surface area contributed by atoms with Gasteiger partial charge in [-0.3, -0.25) is 0 Å². The zero-order valence-electron chi connectivity index (χ0n) is 5.14. The summed E-state index contributed by atoms with van der Waals surface area (Å²) in [7, 11) is 0. The zero-order valence-corrected chi connectivity index (χ0v) is 5.96. The van der Waals surface area contributed by atoms with Crippen LogP contribution in [0.1, 0.15) is 5.69 Å². The molecule has 0 aliphatic heterocycles. The van der Waals surface area contributed by atoms with Gasteiger partial charge in [-0.2, -0.15) is 0 Å². The summed E-state index contributed by atoms with van der Waals surface area (Å²) in [6.07, 6.45) is 0. The molecule has 0 radical (unpaired) electrons. The smallest absolute Gasteiger partial charge is 0.0565 e. The van der Waals surface area contributed by atoms with E-state index in [-0.39, 0.29) is 0 Å². The van der Waals surface area contributed by atoms with Crippen molar-refractivity contribution in [3.63, 3.8) is 0 Å². The molecule has 0 aromatic carbocycles. The van der Waals surface area contributed by atoms with Gasteiger partial charge in [0.05, 0.1) is 10.2 Å². The van der Waals surface area contributed by atoms with Gasteiger partial charge in [0, 0.05) is 5.69 Å². The van der Waals surface area contributed by atoms with E-state index >= 15 is 0 Å². The van der Waals surface area contributed by atoms with Crippen LogP contribution in [-0.4, -0.2) is 4.98 Å². The highest BCUT2D eigenvalue weighted by Crippen LogP contribution is 2.20. The van der Waals surface area contributed by atoms with Crippen molar-refractivity contribution < 1.29 is 0 Å². The number of aromatic amines is 1. The Bertz CT molecular complexity index is 290. The Hall–Kier alpha value is -0.760. The molecule has 2 heteroatoms. The minimum absolute atomic E-state index is 1.25. The summed E-state index contributed by atoms with van der Waals surface area (Å²) < 4.78 is 1.35. The first kappa shape index (κ1) is 5.06. The van der Waals surface area contributed by atoms with Crippen molar-refractivity contribution >= 4 is 21.6 Å². The second kappa shape index (κ2) is 1.61. The van der Waals surface area contributed by atoms with Crippen LogP contribution in [0.25, 0.3) is 10.2 Å². The lowest BCUT2D eigenvalue weighted by Gasteiger charge is -1.74. The van der Waals surface area contributed by atoms with Crippen LogP contribution in [0.3, 0.4) is 0 Å². The molecule has 0 saturated carbocycles. The third-order valence-electron chi connectivity index (χ3n) is 1.37. The molecule has 1 nitrogen and oxygen atoms in total. The van der Waals surface area contributed by atoms with Gasteiger partial charge in [-0.25, -0.2) is 0 Å². The third-order valence-corrected chi connectivity index (χ3v) is 2.24. The zero-order chi connectivity index (χ0) is 6.27. The molecule has 2 aromatic rings. The van der Waals surface area contributed by atoms with Gasteiger partial charge >= 0.3 is 0 Å². The lowest BCUT2D eigenvalue weighted by molar-refractivity contribution is 1.30. The van der Waals surface area contributed by atoms with Crippen LogP contribution >= 0.6 is 11.3 Å². The van der Waals surface area contributed by atoms with Crippen molar-refractivity contribution in [1.29, 1.82) is 0 Å². The second-order valence-corrected chi connectivity index (χ2v) is 3.10. The highest BCUT2D eigenvalue weighted by Gasteiger charge is 1.94. The number of rotatable bonds is 0. The van der Waals surface area contributed by atoms with Crippen LogP contribution in [0.15, 0.2) is 17.5 Å². The van der Waals surface area contributed by atoms with E-state index in [0.29, 0.717) is 0 Å². The Kier molecular flexibility index (Phi) is 0.904. The standard InChI is InChI=1S/C7H7NS/c1-5-4-7-6(8-5)2-3-9-7/h2-4,8H,1H3. The molecular formula is C7H7NS. The van der Waals surface area contributed by atoms with Crippen molar-refractivity contribution in [3.8, 4) is 0 Å². The van der Waals surface area contributed by atoms with Gasteiger partial charge in [0.15, 0.2) is 0 Å². The largest absolute Gasteiger partial charge is 0.358 e. The van der Waals surface area contributed by atoms with Crippen molar-refractivity contribution in [2.45, 2.75) is 6.92 Å². The van der Waals surface area contributed by atoms with Crippen LogP contribution < -0.4 is 0 Å². The van der Waals surface area contributed by atoms with Crippen molar-refractivity contribution in [2.24, 2.45) is 0 Å². The summed E-state index contributed by atoms with van der Waals surface area (Å²) in [5.41, 5.74) is 2.51. The van der Waals surface area contributed by atoms with E-state index in [9.17, 15) is 0 Å². The predicted molar refractivity (Wildman–Crippen MR) is 40.9 cm³/mol. The molecular weight excluding hydrogens is 130 g/mol. The van der Waals surface area contributed by atoms with E-state index in [1.165, 1.54) is 15.9 Å². The first-order valence-corrected chi connectivity index (χ1v) is 3.77. The molecule has 0 aliphatic carbocycles. The average Bonchev–Trinajstić information content (AvgIpc) is 2.22. The van der Waals surface area contributed by atoms with Gasteiger partial charge in [-0.1, -0.05) is 0 Å². The normalized spacial score (nSPS) is 10.8. The minimum atomic E-state index is 1.25. The lowest BCUT2D eigenvalue weighted by Crippen LogP contribution is -1.62. The summed E-state index contributed by atoms with van der Waals surface area (Å²) in [4.78, 5) is 3.25. The van der Waals surface area contributed by atoms with E-state index in [0.717, 1.165) is 0 Å². The second-order valence-electron chi connectivity index (χ2n) is 2.15. The first-order valence-electron chi connectivity index (χ1n) is 2.89. The van der Waals surface area contributed by atoms with Crippen molar-refractivity contribution in [2.75, 3.05) is 0 Å². The minimum Gasteiger partial charge on any atom is -0.358 e. The number of aromatic nitrogens is 1. The van der Waals surface area contributed by atoms with E-state index in [1.54, 1.807) is 11.3 Å². The maximum absolute atomic E-state index is 3.25. The number of H-pyrrole nitrogens is 1. The van der Waals surface area contributed by atoms with Gasteiger partial charge in [-0.05, 0) is 24.4 Å². The Morgan fingerprint density at radius 2 is 2.44 bits per heavy atom. The molecule has 0 spiro atoms. The molecule has 0 amide bonds. The number of fused-ring (bicyclic) bond motifs is 1. The van der Waals surface area contributed by atoms with E-state index < -0.39 is 0 Å². The number of hydrogen-bond acceptors (Lipinski definition) is 1. The Balaban J connectivity index is 2.92. The van der Waals surface area contributed by atoms with Crippen LogP contribution in [0, 0.1) is 6.92 Å². The highest BCUT2D eigenvalue weighted by molar-refractivity contribution is 7.17. The molecule has 2 rings (SSSR count). The van der Waals surface area contributed by atoms with Gasteiger partial charge in [0.2, 0.25) is 0 Å². The summed E-state index contributed by atoms with van der Waals surface area (Å²) >= 11 is 1.78. The Labute approximate surface area is 57.3 Å². The molecule has 0 aliphatic rings. The van der Waals surface area contributed by atoms with Crippen LogP contribution in [0.2, 0.25) is 0 Å². The Morgan fingerprint density at radius 3 is 3.22 bits per heavy atom. The third kappa shape index (κ3) is 0.669. The van der Waals surface area contributed by atoms with Crippen LogP contribution in [0.4, 0.5) is 0 Å². The fourth-order valence-electron chi connectivity index (χ4n) is 0.981. The predicted octanol–water partition coefficient (Wildman–Crippen LogP) is 2.54. The molecule has 46 valence electrons. The number of nitrogens with one attached hydrogen (secondary N) is 1. The molecule has 0 saturated heterocycles. The van der Waals surface area contributed by atoms with E-state index in [2.05, 4.69) is 29.4 Å². The molecule has 9 heavy (non-hydrogen) atoms. The van der Waals surface area contributed by atoms with Crippen LogP contribution in [-0.2, 0) is 0 Å². The monoisotopic (exact) mass is 137 g/mol. The molecule has 2 heterocycles. The molecule has 0 bridgehead atoms. The highest BCUT2D eigenvalue weighted by atomic mass is 32.1. The molecule has 0 fully saturated rings. The van der Waals surface area contributed by atoms with Crippen molar-refractivity contribution in [1.82, 2.24) is 4.98 Å². The van der Waals surface area contributed by atoms with Crippen LogP contribution in [0.5, 0.6) is 0 Å². The lowest BCUT2D eigenvalue weighted by atomic mass is 10.5. The number of hydrogen-bond donors (Lipinski definition) is 1. The molecule has 2 aromatic heterocycles. The van der Waals surface area contributed by atoms with E-state index in [4.69, 9.17) is 0 Å². The summed E-state index contributed by atoms with van der Waals surface area (Å²) in [6.45, 7) is 2.08. The quantitative estimate of drug-likeness (QED) is 0.574. The fraction of sp³-hybridized carbons (Fsp3) is 0.143. The maximum Gasteiger partial charge on any atom is 0.0565 e. The number of aryl methyl sites for hydroxylation is 1. The molecule has 0 unspecified atom stereocenters. The summed E-state index contributed by atoms with van der Waals surface area (Å²) in [5, 5.41) is 2.10. The fourth-order valence-corrected chi connectivity index (χ4v) is 1.82. The van der Waals surface area contributed by atoms with Gasteiger partial charge < -0.3 is 4.98 Å². The first-order chi connectivity index (χ1) is 4.36.